The highest BCUT2D eigenvalue weighted by Gasteiger charge is 2.23. The first kappa shape index (κ1) is 15.6. The number of rotatable bonds is 5. The predicted molar refractivity (Wildman–Crippen MR) is 88.3 cm³/mol. The lowest BCUT2D eigenvalue weighted by atomic mass is 10.2. The maximum Gasteiger partial charge on any atom is 0.322 e. The van der Waals surface area contributed by atoms with E-state index in [9.17, 15) is 4.79 Å². The van der Waals surface area contributed by atoms with E-state index in [0.717, 1.165) is 36.5 Å². The van der Waals surface area contributed by atoms with Crippen molar-refractivity contribution in [1.82, 2.24) is 4.90 Å². The topological polar surface area (TPSA) is 54.7 Å². The fourth-order valence-corrected chi connectivity index (χ4v) is 2.75. The lowest BCUT2D eigenvalue weighted by molar-refractivity contribution is 0.0803. The Morgan fingerprint density at radius 2 is 2.17 bits per heavy atom. The van der Waals surface area contributed by atoms with Gasteiger partial charge in [-0.1, -0.05) is 18.2 Å². The van der Waals surface area contributed by atoms with Gasteiger partial charge in [0.1, 0.15) is 5.76 Å². The van der Waals surface area contributed by atoms with Gasteiger partial charge in [0.15, 0.2) is 0 Å². The second kappa shape index (κ2) is 7.33. The third-order valence-corrected chi connectivity index (χ3v) is 4.05. The Morgan fingerprint density at radius 3 is 2.87 bits per heavy atom. The van der Waals surface area contributed by atoms with E-state index in [1.165, 1.54) is 0 Å². The molecule has 3 rings (SSSR count). The Hall–Kier alpha value is -2.27. The molecule has 2 heterocycles. The van der Waals surface area contributed by atoms with Crippen molar-refractivity contribution in [2.24, 2.45) is 0 Å². The number of furan rings is 1. The fourth-order valence-electron chi connectivity index (χ4n) is 2.75. The van der Waals surface area contributed by atoms with Gasteiger partial charge in [0.25, 0.3) is 0 Å². The van der Waals surface area contributed by atoms with Crippen molar-refractivity contribution in [3.05, 3.63) is 54.0 Å². The summed E-state index contributed by atoms with van der Waals surface area (Å²) >= 11 is 0. The van der Waals surface area contributed by atoms with Crippen LogP contribution in [0.4, 0.5) is 10.5 Å². The molecular formula is C18H22N2O3. The minimum atomic E-state index is -0.133. The number of aryl methyl sites for hydroxylation is 1. The van der Waals surface area contributed by atoms with Crippen molar-refractivity contribution in [2.75, 3.05) is 18.5 Å². The van der Waals surface area contributed by atoms with Crippen molar-refractivity contribution in [1.29, 1.82) is 0 Å². The summed E-state index contributed by atoms with van der Waals surface area (Å²) in [6.07, 6.45) is 3.77. The SMILES string of the molecule is Cc1ccccc1NC(=O)N(Cc1ccco1)C[C@@H]1CCCO1. The Balaban J connectivity index is 1.70. The molecule has 1 aromatic heterocycles. The maximum absolute atomic E-state index is 12.7. The van der Waals surface area contributed by atoms with Crippen LogP contribution in [0.3, 0.4) is 0 Å². The first-order chi connectivity index (χ1) is 11.2. The number of hydrogen-bond acceptors (Lipinski definition) is 3. The molecule has 2 amide bonds. The smallest absolute Gasteiger partial charge is 0.322 e. The van der Waals surface area contributed by atoms with E-state index in [1.54, 1.807) is 11.2 Å². The van der Waals surface area contributed by atoms with Gasteiger partial charge in [0, 0.05) is 18.8 Å². The monoisotopic (exact) mass is 314 g/mol. The average molecular weight is 314 g/mol. The van der Waals surface area contributed by atoms with Gasteiger partial charge in [0.05, 0.1) is 18.9 Å². The van der Waals surface area contributed by atoms with Crippen LogP contribution in [0.1, 0.15) is 24.2 Å². The van der Waals surface area contributed by atoms with Crippen LogP contribution in [-0.2, 0) is 11.3 Å². The van der Waals surface area contributed by atoms with Crippen LogP contribution in [-0.4, -0.2) is 30.2 Å². The van der Waals surface area contributed by atoms with Crippen LogP contribution < -0.4 is 5.32 Å². The molecule has 1 saturated heterocycles. The number of hydrogen-bond donors (Lipinski definition) is 1. The molecule has 122 valence electrons. The zero-order valence-corrected chi connectivity index (χ0v) is 13.3. The summed E-state index contributed by atoms with van der Waals surface area (Å²) in [7, 11) is 0. The van der Waals surface area contributed by atoms with E-state index in [2.05, 4.69) is 5.32 Å². The molecule has 0 saturated carbocycles. The molecule has 1 atom stereocenters. The van der Waals surface area contributed by atoms with Crippen molar-refractivity contribution in [3.63, 3.8) is 0 Å². The molecule has 2 aromatic rings. The van der Waals surface area contributed by atoms with Gasteiger partial charge in [-0.3, -0.25) is 0 Å². The molecule has 5 heteroatoms. The first-order valence-corrected chi connectivity index (χ1v) is 7.98. The van der Waals surface area contributed by atoms with Crippen molar-refractivity contribution >= 4 is 11.7 Å². The van der Waals surface area contributed by atoms with Crippen LogP contribution in [0.2, 0.25) is 0 Å². The average Bonchev–Trinajstić information content (AvgIpc) is 3.22. The highest BCUT2D eigenvalue weighted by atomic mass is 16.5. The Bertz CT molecular complexity index is 633. The van der Waals surface area contributed by atoms with Gasteiger partial charge in [-0.15, -0.1) is 0 Å². The minimum absolute atomic E-state index is 0.104. The van der Waals surface area contributed by atoms with E-state index in [1.807, 2.05) is 43.3 Å². The highest BCUT2D eigenvalue weighted by molar-refractivity contribution is 5.90. The quantitative estimate of drug-likeness (QED) is 0.913. The van der Waals surface area contributed by atoms with Crippen LogP contribution in [0.25, 0.3) is 0 Å². The van der Waals surface area contributed by atoms with Crippen LogP contribution >= 0.6 is 0 Å². The molecular weight excluding hydrogens is 292 g/mol. The number of urea groups is 1. The molecule has 1 fully saturated rings. The van der Waals surface area contributed by atoms with E-state index in [0.29, 0.717) is 13.1 Å². The van der Waals surface area contributed by atoms with E-state index in [-0.39, 0.29) is 12.1 Å². The van der Waals surface area contributed by atoms with Gasteiger partial charge in [-0.05, 0) is 43.5 Å². The van der Waals surface area contributed by atoms with E-state index in [4.69, 9.17) is 9.15 Å². The van der Waals surface area contributed by atoms with E-state index < -0.39 is 0 Å². The number of amides is 2. The molecule has 0 unspecified atom stereocenters. The van der Waals surface area contributed by atoms with Crippen LogP contribution in [0, 0.1) is 6.92 Å². The van der Waals surface area contributed by atoms with Crippen molar-refractivity contribution < 1.29 is 13.9 Å². The first-order valence-electron chi connectivity index (χ1n) is 7.98. The molecule has 23 heavy (non-hydrogen) atoms. The third-order valence-electron chi connectivity index (χ3n) is 4.05. The number of nitrogens with zero attached hydrogens (tertiary/aromatic N) is 1. The second-order valence-corrected chi connectivity index (χ2v) is 5.84. The summed E-state index contributed by atoms with van der Waals surface area (Å²) in [5, 5.41) is 2.99. The largest absolute Gasteiger partial charge is 0.467 e. The highest BCUT2D eigenvalue weighted by Crippen LogP contribution is 2.18. The summed E-state index contributed by atoms with van der Waals surface area (Å²) < 4.78 is 11.1. The maximum atomic E-state index is 12.7. The molecule has 1 aromatic carbocycles. The molecule has 0 spiro atoms. The molecule has 5 nitrogen and oxygen atoms in total. The number of nitrogens with one attached hydrogen (secondary N) is 1. The lowest BCUT2D eigenvalue weighted by Gasteiger charge is -2.25. The minimum Gasteiger partial charge on any atom is -0.467 e. The van der Waals surface area contributed by atoms with Crippen molar-refractivity contribution in [2.45, 2.75) is 32.4 Å². The summed E-state index contributed by atoms with van der Waals surface area (Å²) in [5.41, 5.74) is 1.87. The summed E-state index contributed by atoms with van der Waals surface area (Å²) in [4.78, 5) is 14.4. The molecule has 1 N–H and O–H groups in total. The zero-order chi connectivity index (χ0) is 16.1. The molecule has 0 radical (unpaired) electrons. The van der Waals surface area contributed by atoms with E-state index >= 15 is 0 Å². The lowest BCUT2D eigenvalue weighted by Crippen LogP contribution is -2.39. The van der Waals surface area contributed by atoms with Gasteiger partial charge >= 0.3 is 6.03 Å². The molecule has 1 aliphatic heterocycles. The number of carbonyl (C=O) groups excluding carboxylic acids is 1. The van der Waals surface area contributed by atoms with Gasteiger partial charge in [0.2, 0.25) is 0 Å². The molecule has 0 aliphatic carbocycles. The fraction of sp³-hybridized carbons (Fsp3) is 0.389. The number of ether oxygens (including phenoxy) is 1. The Kier molecular flexibility index (Phi) is 4.98. The Morgan fingerprint density at radius 1 is 1.30 bits per heavy atom. The Labute approximate surface area is 136 Å². The predicted octanol–water partition coefficient (Wildman–Crippen LogP) is 3.80. The summed E-state index contributed by atoms with van der Waals surface area (Å²) in [6, 6.07) is 11.3. The van der Waals surface area contributed by atoms with Crippen LogP contribution in [0.5, 0.6) is 0 Å². The van der Waals surface area contributed by atoms with Crippen LogP contribution in [0.15, 0.2) is 47.1 Å². The second-order valence-electron chi connectivity index (χ2n) is 5.84. The summed E-state index contributed by atoms with van der Waals surface area (Å²) in [5.74, 6) is 0.767. The number of carbonyl (C=O) groups is 1. The van der Waals surface area contributed by atoms with Gasteiger partial charge < -0.3 is 19.4 Å². The number of anilines is 1. The van der Waals surface area contributed by atoms with Crippen molar-refractivity contribution in [3.8, 4) is 0 Å². The number of benzene rings is 1. The third kappa shape index (κ3) is 4.13. The number of para-hydroxylation sites is 1. The summed E-state index contributed by atoms with van der Waals surface area (Å²) in [6.45, 7) is 3.76. The zero-order valence-electron chi connectivity index (χ0n) is 13.3. The molecule has 1 aliphatic rings. The van der Waals surface area contributed by atoms with Gasteiger partial charge in [-0.2, -0.15) is 0 Å². The van der Waals surface area contributed by atoms with Gasteiger partial charge in [-0.25, -0.2) is 4.79 Å². The normalized spacial score (nSPS) is 17.2. The standard InChI is InChI=1S/C18H22N2O3/c1-14-6-2-3-9-17(14)19-18(21)20(12-15-7-4-10-22-15)13-16-8-5-11-23-16/h2-4,6-7,9-10,16H,5,8,11-13H2,1H3,(H,19,21)/t16-/m0/s1. The molecule has 0 bridgehead atoms.